The number of aliphatic hydroxyl groups excluding tert-OH is 1. The summed E-state index contributed by atoms with van der Waals surface area (Å²) in [6.45, 7) is 7.19. The molecule has 1 fully saturated rings. The van der Waals surface area contributed by atoms with Crippen molar-refractivity contribution in [3.63, 3.8) is 0 Å². The average molecular weight is 288 g/mol. The molecule has 1 aliphatic carbocycles. The third kappa shape index (κ3) is 2.02. The molecule has 3 heteroatoms. The lowest BCUT2D eigenvalue weighted by Gasteiger charge is -2.55. The van der Waals surface area contributed by atoms with Gasteiger partial charge in [0.05, 0.1) is 19.3 Å². The summed E-state index contributed by atoms with van der Waals surface area (Å²) in [7, 11) is 0. The zero-order chi connectivity index (χ0) is 15.2. The monoisotopic (exact) mass is 288 g/mol. The Hall–Kier alpha value is -1.32. The van der Waals surface area contributed by atoms with Gasteiger partial charge in [0.2, 0.25) is 0 Å². The van der Waals surface area contributed by atoms with Gasteiger partial charge >= 0.3 is 0 Å². The van der Waals surface area contributed by atoms with Crippen molar-refractivity contribution >= 4 is 0 Å². The molecule has 2 bridgehead atoms. The summed E-state index contributed by atoms with van der Waals surface area (Å²) < 4.78 is 6.16. The van der Waals surface area contributed by atoms with Gasteiger partial charge in [-0.3, -0.25) is 0 Å². The van der Waals surface area contributed by atoms with Gasteiger partial charge in [-0.05, 0) is 24.8 Å². The van der Waals surface area contributed by atoms with Gasteiger partial charge in [-0.25, -0.2) is 0 Å². The van der Waals surface area contributed by atoms with E-state index in [0.29, 0.717) is 18.4 Å². The molecule has 1 heterocycles. The Morgan fingerprint density at radius 2 is 2.00 bits per heavy atom. The quantitative estimate of drug-likeness (QED) is 0.821. The van der Waals surface area contributed by atoms with Gasteiger partial charge in [0, 0.05) is 16.9 Å². The number of rotatable bonds is 2. The molecule has 1 aromatic rings. The summed E-state index contributed by atoms with van der Waals surface area (Å²) in [6, 6.07) is 7.40. The third-order valence-electron chi connectivity index (χ3n) is 5.79. The Bertz CT molecular complexity index is 565. The maximum Gasteiger partial charge on any atom is 0.121 e. The van der Waals surface area contributed by atoms with E-state index in [9.17, 15) is 10.2 Å². The molecule has 0 spiro atoms. The zero-order valence-electron chi connectivity index (χ0n) is 12.9. The summed E-state index contributed by atoms with van der Waals surface area (Å²) in [6.07, 6.45) is 2.14. The minimum Gasteiger partial charge on any atom is -0.508 e. The average Bonchev–Trinajstić information content (AvgIpc) is 2.46. The van der Waals surface area contributed by atoms with Gasteiger partial charge in [0.15, 0.2) is 0 Å². The predicted octanol–water partition coefficient (Wildman–Crippen LogP) is 3.29. The molecule has 1 aliphatic heterocycles. The number of hydrogen-bond acceptors (Lipinski definition) is 3. The molecule has 3 rings (SSSR count). The van der Waals surface area contributed by atoms with Crippen LogP contribution in [0.2, 0.25) is 0 Å². The fourth-order valence-corrected chi connectivity index (χ4v) is 4.30. The number of aromatic hydroxyl groups is 1. The van der Waals surface area contributed by atoms with Crippen molar-refractivity contribution in [3.05, 3.63) is 41.5 Å². The summed E-state index contributed by atoms with van der Waals surface area (Å²) in [5.74, 6) is 1.12. The van der Waals surface area contributed by atoms with Crippen LogP contribution in [0.4, 0.5) is 0 Å². The number of allylic oxidation sites excluding steroid dienone is 1. The Morgan fingerprint density at radius 1 is 1.29 bits per heavy atom. The first-order chi connectivity index (χ1) is 10.0. The number of fused-ring (bicyclic) bond motifs is 2. The van der Waals surface area contributed by atoms with Crippen LogP contribution in [-0.4, -0.2) is 23.4 Å². The lowest BCUT2D eigenvalue weighted by molar-refractivity contribution is -0.165. The molecule has 21 heavy (non-hydrogen) atoms. The highest BCUT2D eigenvalue weighted by atomic mass is 16.5. The van der Waals surface area contributed by atoms with E-state index in [2.05, 4.69) is 26.8 Å². The standard InChI is InChI=1S/C18H24O3/c1-11-8-12(2)18(9-19)10-21-17(16(11)13(18)3)14-6-4-5-7-15(14)20/h4-8,12-13,16-17,19-20H,9-10H2,1-3H3/t12-,13+,16-,17-,18-/m1/s1. The van der Waals surface area contributed by atoms with Crippen LogP contribution in [-0.2, 0) is 4.74 Å². The number of benzene rings is 1. The number of phenolic OH excluding ortho intramolecular Hbond substituents is 1. The van der Waals surface area contributed by atoms with Crippen molar-refractivity contribution in [1.29, 1.82) is 0 Å². The molecular formula is C18H24O3. The number of hydrogen-bond donors (Lipinski definition) is 2. The fraction of sp³-hybridized carbons (Fsp3) is 0.556. The van der Waals surface area contributed by atoms with E-state index in [4.69, 9.17) is 4.74 Å². The Labute approximate surface area is 126 Å². The Kier molecular flexibility index (Phi) is 3.58. The first kappa shape index (κ1) is 14.6. The summed E-state index contributed by atoms with van der Waals surface area (Å²) >= 11 is 0. The van der Waals surface area contributed by atoms with Crippen molar-refractivity contribution in [1.82, 2.24) is 0 Å². The van der Waals surface area contributed by atoms with E-state index in [1.807, 2.05) is 18.2 Å². The number of para-hydroxylation sites is 1. The van der Waals surface area contributed by atoms with E-state index < -0.39 is 0 Å². The van der Waals surface area contributed by atoms with E-state index in [1.165, 1.54) is 5.57 Å². The van der Waals surface area contributed by atoms with Crippen LogP contribution >= 0.6 is 0 Å². The van der Waals surface area contributed by atoms with Gasteiger partial charge < -0.3 is 14.9 Å². The second-order valence-electron chi connectivity index (χ2n) is 6.70. The van der Waals surface area contributed by atoms with Crippen LogP contribution < -0.4 is 0 Å². The maximum atomic E-state index is 10.2. The van der Waals surface area contributed by atoms with Gasteiger partial charge in [-0.2, -0.15) is 0 Å². The van der Waals surface area contributed by atoms with E-state index in [-0.39, 0.29) is 29.8 Å². The predicted molar refractivity (Wildman–Crippen MR) is 81.9 cm³/mol. The molecule has 1 saturated heterocycles. The zero-order valence-corrected chi connectivity index (χ0v) is 12.9. The minimum absolute atomic E-state index is 0.135. The van der Waals surface area contributed by atoms with E-state index in [1.54, 1.807) is 6.07 Å². The largest absolute Gasteiger partial charge is 0.508 e. The van der Waals surface area contributed by atoms with E-state index in [0.717, 1.165) is 5.56 Å². The van der Waals surface area contributed by atoms with Crippen molar-refractivity contribution in [2.75, 3.05) is 13.2 Å². The summed E-state index contributed by atoms with van der Waals surface area (Å²) in [4.78, 5) is 0. The first-order valence-electron chi connectivity index (χ1n) is 7.70. The topological polar surface area (TPSA) is 49.7 Å². The summed E-state index contributed by atoms with van der Waals surface area (Å²) in [5.41, 5.74) is 1.95. The fourth-order valence-electron chi connectivity index (χ4n) is 4.30. The molecule has 0 amide bonds. The lowest BCUT2D eigenvalue weighted by atomic mass is 9.56. The van der Waals surface area contributed by atoms with Crippen LogP contribution in [0.5, 0.6) is 5.75 Å². The van der Waals surface area contributed by atoms with E-state index >= 15 is 0 Å². The first-order valence-corrected chi connectivity index (χ1v) is 7.70. The van der Waals surface area contributed by atoms with Crippen molar-refractivity contribution in [2.45, 2.75) is 26.9 Å². The van der Waals surface area contributed by atoms with Gasteiger partial charge in [0.25, 0.3) is 0 Å². The molecular weight excluding hydrogens is 264 g/mol. The molecule has 0 unspecified atom stereocenters. The molecule has 2 N–H and O–H groups in total. The molecule has 2 aliphatic rings. The van der Waals surface area contributed by atoms with Crippen molar-refractivity contribution in [3.8, 4) is 5.75 Å². The highest BCUT2D eigenvalue weighted by molar-refractivity contribution is 5.37. The highest BCUT2D eigenvalue weighted by Gasteiger charge is 2.53. The third-order valence-corrected chi connectivity index (χ3v) is 5.79. The number of phenols is 1. The second-order valence-corrected chi connectivity index (χ2v) is 6.70. The van der Waals surface area contributed by atoms with Crippen LogP contribution in [0, 0.1) is 23.2 Å². The number of aliphatic hydroxyl groups is 1. The van der Waals surface area contributed by atoms with Gasteiger partial charge in [-0.15, -0.1) is 0 Å². The van der Waals surface area contributed by atoms with Crippen LogP contribution in [0.1, 0.15) is 32.4 Å². The molecule has 5 atom stereocenters. The Morgan fingerprint density at radius 3 is 2.67 bits per heavy atom. The highest BCUT2D eigenvalue weighted by Crippen LogP contribution is 2.56. The van der Waals surface area contributed by atoms with Crippen LogP contribution in [0.15, 0.2) is 35.9 Å². The molecule has 3 nitrogen and oxygen atoms in total. The second kappa shape index (κ2) is 5.15. The minimum atomic E-state index is -0.203. The SMILES string of the molecule is CC1=C[C@@H](C)[C@@]2(CO)CO[C@H](c3ccccc3O)[C@H]1[C@@H]2C. The molecule has 114 valence electrons. The molecule has 0 saturated carbocycles. The molecule has 0 aromatic heterocycles. The Balaban J connectivity index is 2.06. The van der Waals surface area contributed by atoms with Crippen molar-refractivity contribution in [2.24, 2.45) is 23.2 Å². The summed E-state index contributed by atoms with van der Waals surface area (Å²) in [5, 5.41) is 20.1. The van der Waals surface area contributed by atoms with Crippen molar-refractivity contribution < 1.29 is 14.9 Å². The smallest absolute Gasteiger partial charge is 0.121 e. The lowest BCUT2D eigenvalue weighted by Crippen LogP contribution is -2.53. The van der Waals surface area contributed by atoms with Crippen LogP contribution in [0.25, 0.3) is 0 Å². The number of ether oxygens (including phenoxy) is 1. The molecule has 1 aromatic carbocycles. The van der Waals surface area contributed by atoms with Gasteiger partial charge in [0.1, 0.15) is 5.75 Å². The normalized spacial score (nSPS) is 39.0. The van der Waals surface area contributed by atoms with Crippen LogP contribution in [0.3, 0.4) is 0 Å². The van der Waals surface area contributed by atoms with Gasteiger partial charge in [-0.1, -0.05) is 43.7 Å². The maximum absolute atomic E-state index is 10.2. The molecule has 0 radical (unpaired) electrons.